The second kappa shape index (κ2) is 7.31. The van der Waals surface area contributed by atoms with Crippen LogP contribution in [0.5, 0.6) is 23.0 Å². The van der Waals surface area contributed by atoms with E-state index in [4.69, 9.17) is 23.7 Å². The van der Waals surface area contributed by atoms with Gasteiger partial charge in [0.2, 0.25) is 6.79 Å². The lowest BCUT2D eigenvalue weighted by Gasteiger charge is -2.17. The molecule has 0 bridgehead atoms. The molecule has 4 unspecified atom stereocenters. The van der Waals surface area contributed by atoms with Gasteiger partial charge in [0.1, 0.15) is 0 Å². The molecule has 2 aromatic rings. The number of ether oxygens (including phenoxy) is 5. The van der Waals surface area contributed by atoms with E-state index in [0.29, 0.717) is 11.8 Å². The van der Waals surface area contributed by atoms with Crippen molar-refractivity contribution in [3.05, 3.63) is 47.5 Å². The first-order valence-corrected chi connectivity index (χ1v) is 9.36. The van der Waals surface area contributed by atoms with Crippen LogP contribution >= 0.6 is 0 Å². The molecule has 2 aliphatic heterocycles. The second-order valence-electron chi connectivity index (χ2n) is 7.32. The SMILES string of the molecule is COc1ccc(CC2OC(c3ccc4c(c3)OCO4)C(C)C2C)cc1OC. The molecule has 0 saturated carbocycles. The number of rotatable bonds is 5. The third-order valence-corrected chi connectivity index (χ3v) is 5.82. The molecule has 2 aliphatic rings. The maximum Gasteiger partial charge on any atom is 0.231 e. The fourth-order valence-electron chi connectivity index (χ4n) is 4.00. The van der Waals surface area contributed by atoms with Crippen LogP contribution in [0.15, 0.2) is 36.4 Å². The average molecular weight is 370 g/mol. The van der Waals surface area contributed by atoms with Gasteiger partial charge in [-0.2, -0.15) is 0 Å². The van der Waals surface area contributed by atoms with E-state index in [0.717, 1.165) is 35.0 Å². The summed E-state index contributed by atoms with van der Waals surface area (Å²) in [6, 6.07) is 12.2. The number of benzene rings is 2. The Morgan fingerprint density at radius 2 is 1.67 bits per heavy atom. The van der Waals surface area contributed by atoms with Gasteiger partial charge in [0, 0.05) is 0 Å². The van der Waals surface area contributed by atoms with Crippen LogP contribution in [0.4, 0.5) is 0 Å². The van der Waals surface area contributed by atoms with Gasteiger partial charge in [-0.1, -0.05) is 26.0 Å². The molecule has 2 aromatic carbocycles. The van der Waals surface area contributed by atoms with Crippen LogP contribution in [0.3, 0.4) is 0 Å². The Morgan fingerprint density at radius 1 is 0.889 bits per heavy atom. The predicted molar refractivity (Wildman–Crippen MR) is 102 cm³/mol. The standard InChI is InChI=1S/C22H26O5/c1-13-14(2)22(16-6-8-18-21(11-16)26-12-25-18)27-19(13)9-15-5-7-17(23-3)20(10-15)24-4/h5-8,10-11,13-14,19,22H,9,12H2,1-4H3. The minimum atomic E-state index is 0.0552. The highest BCUT2D eigenvalue weighted by Gasteiger charge is 2.40. The maximum atomic E-state index is 6.50. The summed E-state index contributed by atoms with van der Waals surface area (Å²) in [5, 5.41) is 0. The molecule has 144 valence electrons. The number of hydrogen-bond acceptors (Lipinski definition) is 5. The Bertz CT molecular complexity index is 818. The van der Waals surface area contributed by atoms with Crippen molar-refractivity contribution in [1.29, 1.82) is 0 Å². The minimum Gasteiger partial charge on any atom is -0.493 e. The van der Waals surface area contributed by atoms with Crippen LogP contribution in [0, 0.1) is 11.8 Å². The molecule has 27 heavy (non-hydrogen) atoms. The van der Waals surface area contributed by atoms with Crippen LogP contribution < -0.4 is 18.9 Å². The second-order valence-corrected chi connectivity index (χ2v) is 7.32. The molecule has 1 saturated heterocycles. The van der Waals surface area contributed by atoms with Crippen molar-refractivity contribution in [3.8, 4) is 23.0 Å². The van der Waals surface area contributed by atoms with Gasteiger partial charge in [-0.3, -0.25) is 0 Å². The van der Waals surface area contributed by atoms with Crippen LogP contribution in [-0.4, -0.2) is 27.1 Å². The van der Waals surface area contributed by atoms with Crippen molar-refractivity contribution >= 4 is 0 Å². The first kappa shape index (κ1) is 18.0. The molecule has 0 N–H and O–H groups in total. The lowest BCUT2D eigenvalue weighted by Crippen LogP contribution is -2.18. The Morgan fingerprint density at radius 3 is 2.44 bits per heavy atom. The van der Waals surface area contributed by atoms with Gasteiger partial charge >= 0.3 is 0 Å². The average Bonchev–Trinajstić information content (AvgIpc) is 3.27. The Labute approximate surface area is 160 Å². The van der Waals surface area contributed by atoms with Crippen LogP contribution in [-0.2, 0) is 11.2 Å². The first-order chi connectivity index (χ1) is 13.1. The maximum absolute atomic E-state index is 6.50. The van der Waals surface area contributed by atoms with Crippen molar-refractivity contribution < 1.29 is 23.7 Å². The molecule has 5 heteroatoms. The smallest absolute Gasteiger partial charge is 0.231 e. The molecular formula is C22H26O5. The molecule has 5 nitrogen and oxygen atoms in total. The van der Waals surface area contributed by atoms with E-state index < -0.39 is 0 Å². The van der Waals surface area contributed by atoms with Crippen LogP contribution in [0.1, 0.15) is 31.1 Å². The minimum absolute atomic E-state index is 0.0552. The van der Waals surface area contributed by atoms with Gasteiger partial charge in [0.05, 0.1) is 26.4 Å². The zero-order valence-electron chi connectivity index (χ0n) is 16.2. The molecule has 1 fully saturated rings. The summed E-state index contributed by atoms with van der Waals surface area (Å²) in [6.07, 6.45) is 1.04. The van der Waals surface area contributed by atoms with E-state index in [9.17, 15) is 0 Å². The van der Waals surface area contributed by atoms with Gasteiger partial charge in [-0.15, -0.1) is 0 Å². The topological polar surface area (TPSA) is 46.2 Å². The van der Waals surface area contributed by atoms with Gasteiger partial charge in [0.15, 0.2) is 23.0 Å². The van der Waals surface area contributed by atoms with Crippen LogP contribution in [0.25, 0.3) is 0 Å². The van der Waals surface area contributed by atoms with E-state index in [1.165, 1.54) is 5.56 Å². The highest BCUT2D eigenvalue weighted by molar-refractivity contribution is 5.45. The van der Waals surface area contributed by atoms with E-state index in [2.05, 4.69) is 32.0 Å². The van der Waals surface area contributed by atoms with Gasteiger partial charge in [-0.05, 0) is 53.6 Å². The summed E-state index contributed by atoms with van der Waals surface area (Å²) >= 11 is 0. The number of methoxy groups -OCH3 is 2. The summed E-state index contributed by atoms with van der Waals surface area (Å²) in [5.41, 5.74) is 2.33. The van der Waals surface area contributed by atoms with Crippen molar-refractivity contribution in [3.63, 3.8) is 0 Å². The van der Waals surface area contributed by atoms with E-state index in [1.54, 1.807) is 14.2 Å². The third-order valence-electron chi connectivity index (χ3n) is 5.82. The molecule has 0 aromatic heterocycles. The molecule has 0 radical (unpaired) electrons. The summed E-state index contributed by atoms with van der Waals surface area (Å²) < 4.78 is 28.2. The number of fused-ring (bicyclic) bond motifs is 1. The van der Waals surface area contributed by atoms with Crippen molar-refractivity contribution in [1.82, 2.24) is 0 Å². The summed E-state index contributed by atoms with van der Waals surface area (Å²) in [4.78, 5) is 0. The van der Waals surface area contributed by atoms with E-state index in [1.807, 2.05) is 18.2 Å². The molecule has 0 spiro atoms. The monoisotopic (exact) mass is 370 g/mol. The van der Waals surface area contributed by atoms with Crippen molar-refractivity contribution in [2.24, 2.45) is 11.8 Å². The fraction of sp³-hybridized carbons (Fsp3) is 0.455. The summed E-state index contributed by atoms with van der Waals surface area (Å²) in [5.74, 6) is 3.96. The van der Waals surface area contributed by atoms with E-state index in [-0.39, 0.29) is 19.0 Å². The molecule has 4 atom stereocenters. The summed E-state index contributed by atoms with van der Waals surface area (Å²) in [7, 11) is 3.31. The fourth-order valence-corrected chi connectivity index (χ4v) is 4.00. The zero-order chi connectivity index (χ0) is 19.0. The van der Waals surface area contributed by atoms with Crippen molar-refractivity contribution in [2.75, 3.05) is 21.0 Å². The van der Waals surface area contributed by atoms with Gasteiger partial charge in [0.25, 0.3) is 0 Å². The number of hydrogen-bond donors (Lipinski definition) is 0. The van der Waals surface area contributed by atoms with Gasteiger partial charge < -0.3 is 23.7 Å². The van der Waals surface area contributed by atoms with Crippen LogP contribution in [0.2, 0.25) is 0 Å². The molecule has 2 heterocycles. The normalized spacial score (nSPS) is 26.2. The lowest BCUT2D eigenvalue weighted by atomic mass is 9.85. The highest BCUT2D eigenvalue weighted by Crippen LogP contribution is 2.45. The Balaban J connectivity index is 1.52. The molecular weight excluding hydrogens is 344 g/mol. The molecule has 4 rings (SSSR count). The first-order valence-electron chi connectivity index (χ1n) is 9.36. The van der Waals surface area contributed by atoms with Gasteiger partial charge in [-0.25, -0.2) is 0 Å². The largest absolute Gasteiger partial charge is 0.493 e. The Hall–Kier alpha value is -2.40. The molecule has 0 amide bonds. The zero-order valence-corrected chi connectivity index (χ0v) is 16.2. The Kier molecular flexibility index (Phi) is 4.87. The molecule has 0 aliphatic carbocycles. The quantitative estimate of drug-likeness (QED) is 0.781. The van der Waals surface area contributed by atoms with Crippen molar-refractivity contribution in [2.45, 2.75) is 32.5 Å². The third kappa shape index (κ3) is 3.32. The predicted octanol–water partition coefficient (Wildman–Crippen LogP) is 4.39. The lowest BCUT2D eigenvalue weighted by molar-refractivity contribution is 0.0302. The summed E-state index contributed by atoms with van der Waals surface area (Å²) in [6.45, 7) is 4.82. The highest BCUT2D eigenvalue weighted by atomic mass is 16.7. The van der Waals surface area contributed by atoms with E-state index >= 15 is 0 Å².